The summed E-state index contributed by atoms with van der Waals surface area (Å²) in [4.78, 5) is 24.0. The Morgan fingerprint density at radius 2 is 1.85 bits per heavy atom. The molecule has 0 N–H and O–H groups in total. The minimum Gasteiger partial charge on any atom is -0.312 e. The standard InChI is InChI=1S/C15H14N2O3/c18-15-5-1-4-14-13(3-2-10-16(14)15)11-6-8-12(9-7-11)17(19)20/h3-4,6-9H,1-2,5,10H2. The molecule has 5 nitrogen and oxygen atoms in total. The van der Waals surface area contributed by atoms with Gasteiger partial charge in [-0.3, -0.25) is 14.9 Å². The summed E-state index contributed by atoms with van der Waals surface area (Å²) in [5.41, 5.74) is 2.94. The number of hydrogen-bond acceptors (Lipinski definition) is 3. The van der Waals surface area contributed by atoms with Crippen LogP contribution in [0.15, 0.2) is 42.1 Å². The van der Waals surface area contributed by atoms with Crippen molar-refractivity contribution in [1.82, 2.24) is 4.90 Å². The Morgan fingerprint density at radius 1 is 1.10 bits per heavy atom. The zero-order valence-corrected chi connectivity index (χ0v) is 10.9. The number of carbonyl (C=O) groups excluding carboxylic acids is 1. The first-order valence-electron chi connectivity index (χ1n) is 6.63. The number of carbonyl (C=O) groups is 1. The Kier molecular flexibility index (Phi) is 3.10. The molecule has 2 aliphatic rings. The smallest absolute Gasteiger partial charge is 0.269 e. The van der Waals surface area contributed by atoms with Gasteiger partial charge in [0.1, 0.15) is 0 Å². The molecule has 5 heteroatoms. The summed E-state index contributed by atoms with van der Waals surface area (Å²) >= 11 is 0. The van der Waals surface area contributed by atoms with Crippen LogP contribution in [0.3, 0.4) is 0 Å². The Labute approximate surface area is 116 Å². The van der Waals surface area contributed by atoms with Gasteiger partial charge in [0.25, 0.3) is 5.69 Å². The van der Waals surface area contributed by atoms with Crippen molar-refractivity contribution in [2.75, 3.05) is 6.54 Å². The largest absolute Gasteiger partial charge is 0.312 e. The monoisotopic (exact) mass is 270 g/mol. The minimum absolute atomic E-state index is 0.0794. The van der Waals surface area contributed by atoms with Crippen LogP contribution in [-0.4, -0.2) is 22.3 Å². The van der Waals surface area contributed by atoms with Gasteiger partial charge in [-0.1, -0.05) is 12.2 Å². The molecular formula is C15H14N2O3. The van der Waals surface area contributed by atoms with Gasteiger partial charge in [0.15, 0.2) is 0 Å². The lowest BCUT2D eigenvalue weighted by Gasteiger charge is -2.33. The molecule has 0 bridgehead atoms. The molecule has 102 valence electrons. The molecule has 0 spiro atoms. The highest BCUT2D eigenvalue weighted by atomic mass is 16.6. The number of rotatable bonds is 2. The first-order valence-corrected chi connectivity index (χ1v) is 6.63. The van der Waals surface area contributed by atoms with Crippen molar-refractivity contribution in [2.24, 2.45) is 0 Å². The molecule has 0 aromatic heterocycles. The molecule has 20 heavy (non-hydrogen) atoms. The molecule has 0 aliphatic carbocycles. The van der Waals surface area contributed by atoms with Gasteiger partial charge in [-0.2, -0.15) is 0 Å². The fourth-order valence-corrected chi connectivity index (χ4v) is 2.68. The SMILES string of the molecule is O=C1CCC=C2C(c3ccc([N+](=O)[O-])cc3)=CCCN12. The van der Waals surface area contributed by atoms with Gasteiger partial charge in [0.2, 0.25) is 5.91 Å². The summed E-state index contributed by atoms with van der Waals surface area (Å²) in [5.74, 6) is 0.162. The van der Waals surface area contributed by atoms with Crippen LogP contribution in [0.2, 0.25) is 0 Å². The number of nitro groups is 1. The van der Waals surface area contributed by atoms with E-state index in [-0.39, 0.29) is 11.6 Å². The summed E-state index contributed by atoms with van der Waals surface area (Å²) in [6, 6.07) is 6.49. The molecule has 0 unspecified atom stereocenters. The first-order chi connectivity index (χ1) is 9.66. The van der Waals surface area contributed by atoms with Crippen molar-refractivity contribution in [3.63, 3.8) is 0 Å². The molecular weight excluding hydrogens is 256 g/mol. The summed E-state index contributed by atoms with van der Waals surface area (Å²) < 4.78 is 0. The second kappa shape index (κ2) is 4.92. The lowest BCUT2D eigenvalue weighted by atomic mass is 9.94. The van der Waals surface area contributed by atoms with E-state index in [9.17, 15) is 14.9 Å². The van der Waals surface area contributed by atoms with Crippen LogP contribution in [0.5, 0.6) is 0 Å². The maximum atomic E-state index is 11.9. The summed E-state index contributed by atoms with van der Waals surface area (Å²) in [6.45, 7) is 0.723. The van der Waals surface area contributed by atoms with Crippen LogP contribution < -0.4 is 0 Å². The number of non-ortho nitro benzene ring substituents is 1. The molecule has 0 saturated heterocycles. The topological polar surface area (TPSA) is 63.4 Å². The van der Waals surface area contributed by atoms with E-state index in [1.165, 1.54) is 12.1 Å². The number of nitrogens with zero attached hydrogens (tertiary/aromatic N) is 2. The number of allylic oxidation sites excluding steroid dienone is 2. The second-order valence-electron chi connectivity index (χ2n) is 4.88. The summed E-state index contributed by atoms with van der Waals surface area (Å²) in [5, 5.41) is 10.7. The molecule has 2 aliphatic heterocycles. The highest BCUT2D eigenvalue weighted by Gasteiger charge is 2.26. The van der Waals surface area contributed by atoms with Crippen LogP contribution in [0.1, 0.15) is 24.8 Å². The molecule has 3 rings (SSSR count). The lowest BCUT2D eigenvalue weighted by molar-refractivity contribution is -0.384. The van der Waals surface area contributed by atoms with Gasteiger partial charge >= 0.3 is 0 Å². The van der Waals surface area contributed by atoms with Crippen LogP contribution in [0, 0.1) is 10.1 Å². The van der Waals surface area contributed by atoms with E-state index in [4.69, 9.17) is 0 Å². The van der Waals surface area contributed by atoms with E-state index in [0.29, 0.717) is 6.42 Å². The summed E-state index contributed by atoms with van der Waals surface area (Å²) in [6.07, 6.45) is 6.32. The van der Waals surface area contributed by atoms with E-state index >= 15 is 0 Å². The Balaban J connectivity index is 1.96. The molecule has 2 heterocycles. The van der Waals surface area contributed by atoms with Gasteiger partial charge in [-0.15, -0.1) is 0 Å². The minimum atomic E-state index is -0.408. The van der Waals surface area contributed by atoms with E-state index in [0.717, 1.165) is 36.2 Å². The van der Waals surface area contributed by atoms with Crippen molar-refractivity contribution in [3.8, 4) is 0 Å². The maximum absolute atomic E-state index is 11.9. The van der Waals surface area contributed by atoms with Crippen molar-refractivity contribution < 1.29 is 9.72 Å². The molecule has 1 aromatic rings. The summed E-state index contributed by atoms with van der Waals surface area (Å²) in [7, 11) is 0. The zero-order valence-electron chi connectivity index (χ0n) is 10.9. The Hall–Kier alpha value is -2.43. The fourth-order valence-electron chi connectivity index (χ4n) is 2.68. The lowest BCUT2D eigenvalue weighted by Crippen LogP contribution is -2.35. The van der Waals surface area contributed by atoms with Crippen LogP contribution in [0.25, 0.3) is 5.57 Å². The third-order valence-electron chi connectivity index (χ3n) is 3.65. The quantitative estimate of drug-likeness (QED) is 0.613. The highest BCUT2D eigenvalue weighted by Crippen LogP contribution is 2.34. The van der Waals surface area contributed by atoms with Crippen molar-refractivity contribution in [3.05, 3.63) is 57.8 Å². The van der Waals surface area contributed by atoms with E-state index in [1.54, 1.807) is 12.1 Å². The van der Waals surface area contributed by atoms with Crippen molar-refractivity contribution in [1.29, 1.82) is 0 Å². The van der Waals surface area contributed by atoms with Crippen molar-refractivity contribution in [2.45, 2.75) is 19.3 Å². The second-order valence-corrected chi connectivity index (χ2v) is 4.88. The molecule has 0 fully saturated rings. The highest BCUT2D eigenvalue weighted by molar-refractivity contribution is 5.89. The maximum Gasteiger partial charge on any atom is 0.269 e. The molecule has 0 saturated carbocycles. The first kappa shape index (κ1) is 12.6. The molecule has 0 radical (unpaired) electrons. The number of fused-ring (bicyclic) bond motifs is 1. The Bertz CT molecular complexity index is 629. The van der Waals surface area contributed by atoms with E-state index in [2.05, 4.69) is 12.2 Å². The van der Waals surface area contributed by atoms with Gasteiger partial charge in [0.05, 0.1) is 4.92 Å². The van der Waals surface area contributed by atoms with E-state index < -0.39 is 4.92 Å². The van der Waals surface area contributed by atoms with Crippen LogP contribution in [0.4, 0.5) is 5.69 Å². The van der Waals surface area contributed by atoms with Crippen LogP contribution in [-0.2, 0) is 4.79 Å². The van der Waals surface area contributed by atoms with Gasteiger partial charge in [-0.25, -0.2) is 0 Å². The number of benzene rings is 1. The predicted molar refractivity (Wildman–Crippen MR) is 74.7 cm³/mol. The normalized spacial score (nSPS) is 18.2. The predicted octanol–water partition coefficient (Wildman–Crippen LogP) is 2.89. The number of nitro benzene ring substituents is 1. The average molecular weight is 270 g/mol. The van der Waals surface area contributed by atoms with Crippen molar-refractivity contribution >= 4 is 17.2 Å². The number of hydrogen-bond donors (Lipinski definition) is 0. The molecule has 1 amide bonds. The third-order valence-corrected chi connectivity index (χ3v) is 3.65. The van der Waals surface area contributed by atoms with E-state index in [1.807, 2.05) is 4.90 Å². The fraction of sp³-hybridized carbons (Fsp3) is 0.267. The third kappa shape index (κ3) is 2.11. The van der Waals surface area contributed by atoms with Gasteiger partial charge < -0.3 is 4.90 Å². The van der Waals surface area contributed by atoms with Crippen LogP contribution >= 0.6 is 0 Å². The van der Waals surface area contributed by atoms with Gasteiger partial charge in [0, 0.05) is 36.4 Å². The Morgan fingerprint density at radius 3 is 2.55 bits per heavy atom. The van der Waals surface area contributed by atoms with Gasteiger partial charge in [-0.05, 0) is 30.5 Å². The number of amides is 1. The average Bonchev–Trinajstić information content (AvgIpc) is 2.47. The molecule has 0 atom stereocenters. The zero-order chi connectivity index (χ0) is 14.1. The molecule has 1 aromatic carbocycles.